The van der Waals surface area contributed by atoms with E-state index in [9.17, 15) is 0 Å². The topological polar surface area (TPSA) is 29.9 Å². The van der Waals surface area contributed by atoms with Crippen molar-refractivity contribution in [1.82, 2.24) is 15.1 Å². The average Bonchev–Trinajstić information content (AvgIpc) is 2.44. The van der Waals surface area contributed by atoms with E-state index in [-0.39, 0.29) is 0 Å². The van der Waals surface area contributed by atoms with Gasteiger partial charge in [0.2, 0.25) is 0 Å². The van der Waals surface area contributed by atoms with Crippen LogP contribution >= 0.6 is 15.9 Å². The maximum atomic E-state index is 4.43. The van der Waals surface area contributed by atoms with Crippen LogP contribution in [0.4, 0.5) is 0 Å². The van der Waals surface area contributed by atoms with Gasteiger partial charge in [-0.15, -0.1) is 0 Å². The highest BCUT2D eigenvalue weighted by atomic mass is 79.9. The Morgan fingerprint density at radius 3 is 2.29 bits per heavy atom. The van der Waals surface area contributed by atoms with E-state index >= 15 is 0 Å². The minimum absolute atomic E-state index is 0.511. The summed E-state index contributed by atoms with van der Waals surface area (Å²) >= 11 is 3.63. The lowest BCUT2D eigenvalue weighted by atomic mass is 9.97. The number of rotatable bonds is 5. The van der Waals surface area contributed by atoms with Crippen LogP contribution in [0.2, 0.25) is 0 Å². The minimum Gasteiger partial charge on any atom is -0.312 e. The van der Waals surface area contributed by atoms with Crippen molar-refractivity contribution >= 4 is 15.9 Å². The van der Waals surface area contributed by atoms with E-state index in [1.54, 1.807) is 0 Å². The Morgan fingerprint density at radius 1 is 1.29 bits per heavy atom. The van der Waals surface area contributed by atoms with Crippen LogP contribution in [0.1, 0.15) is 39.1 Å². The van der Waals surface area contributed by atoms with E-state index in [0.717, 1.165) is 16.6 Å². The third kappa shape index (κ3) is 3.81. The highest BCUT2D eigenvalue weighted by molar-refractivity contribution is 9.10. The molecule has 1 heterocycles. The molecule has 0 amide bonds. The number of nitrogens with zero attached hydrogens (tertiary/aromatic N) is 2. The van der Waals surface area contributed by atoms with Gasteiger partial charge in [0.25, 0.3) is 0 Å². The number of aryl methyl sites for hydroxylation is 2. The summed E-state index contributed by atoms with van der Waals surface area (Å²) in [5.74, 6) is 0.587. The summed E-state index contributed by atoms with van der Waals surface area (Å²) in [5.41, 5.74) is 2.35. The molecular weight excluding hydrogens is 278 g/mol. The van der Waals surface area contributed by atoms with Crippen LogP contribution in [0.5, 0.6) is 0 Å². The summed E-state index contributed by atoms with van der Waals surface area (Å²) in [4.78, 5) is 0. The van der Waals surface area contributed by atoms with Crippen molar-refractivity contribution < 1.29 is 0 Å². The summed E-state index contributed by atoms with van der Waals surface area (Å²) in [6, 6.07) is 1.04. The molecule has 0 bridgehead atoms. The summed E-state index contributed by atoms with van der Waals surface area (Å²) < 4.78 is 3.14. The highest BCUT2D eigenvalue weighted by Gasteiger charge is 2.18. The van der Waals surface area contributed by atoms with E-state index in [2.05, 4.69) is 54.0 Å². The summed E-state index contributed by atoms with van der Waals surface area (Å²) in [5, 5.41) is 8.00. The monoisotopic (exact) mass is 301 g/mol. The number of nitrogens with one attached hydrogen (secondary N) is 1. The van der Waals surface area contributed by atoms with E-state index in [0.29, 0.717) is 18.0 Å². The van der Waals surface area contributed by atoms with E-state index in [1.165, 1.54) is 5.69 Å². The molecule has 0 aliphatic carbocycles. The van der Waals surface area contributed by atoms with Crippen molar-refractivity contribution in [1.29, 1.82) is 0 Å². The van der Waals surface area contributed by atoms with Crippen molar-refractivity contribution in [2.24, 2.45) is 13.0 Å². The Labute approximate surface area is 113 Å². The van der Waals surface area contributed by atoms with Gasteiger partial charge in [0.15, 0.2) is 0 Å². The van der Waals surface area contributed by atoms with Gasteiger partial charge in [0, 0.05) is 19.1 Å². The first-order valence-electron chi connectivity index (χ1n) is 6.27. The Bertz CT molecular complexity index is 371. The molecule has 4 heteroatoms. The lowest BCUT2D eigenvalue weighted by Crippen LogP contribution is -2.38. The third-order valence-corrected chi connectivity index (χ3v) is 4.26. The zero-order valence-electron chi connectivity index (χ0n) is 11.7. The molecule has 0 saturated heterocycles. The molecule has 1 aromatic rings. The normalized spacial score (nSPS) is 15.3. The molecule has 0 fully saturated rings. The number of hydrogen-bond donors (Lipinski definition) is 1. The van der Waals surface area contributed by atoms with Crippen LogP contribution in [0.25, 0.3) is 0 Å². The third-order valence-electron chi connectivity index (χ3n) is 3.23. The first kappa shape index (κ1) is 14.7. The van der Waals surface area contributed by atoms with Crippen LogP contribution in [0, 0.1) is 12.8 Å². The second-order valence-electron chi connectivity index (χ2n) is 5.26. The summed E-state index contributed by atoms with van der Waals surface area (Å²) in [7, 11) is 2.01. The first-order valence-corrected chi connectivity index (χ1v) is 7.06. The van der Waals surface area contributed by atoms with E-state index in [1.807, 2.05) is 18.7 Å². The quantitative estimate of drug-likeness (QED) is 0.906. The summed E-state index contributed by atoms with van der Waals surface area (Å²) in [6.07, 6.45) is 1.04. The van der Waals surface area contributed by atoms with Crippen LogP contribution < -0.4 is 5.32 Å². The van der Waals surface area contributed by atoms with Crippen LogP contribution in [0.15, 0.2) is 4.47 Å². The van der Waals surface area contributed by atoms with E-state index < -0.39 is 0 Å². The Kier molecular flexibility index (Phi) is 5.20. The van der Waals surface area contributed by atoms with Gasteiger partial charge in [0.05, 0.1) is 15.9 Å². The van der Waals surface area contributed by atoms with Gasteiger partial charge in [-0.2, -0.15) is 5.10 Å². The SMILES string of the molecule is Cc1nn(C)c(CC(C)C(C)NC(C)C)c1Br. The van der Waals surface area contributed by atoms with Crippen LogP contribution in [-0.2, 0) is 13.5 Å². The zero-order valence-corrected chi connectivity index (χ0v) is 13.3. The molecule has 0 saturated carbocycles. The second-order valence-corrected chi connectivity index (χ2v) is 6.05. The van der Waals surface area contributed by atoms with E-state index in [4.69, 9.17) is 0 Å². The molecule has 2 atom stereocenters. The molecular formula is C13H24BrN3. The second kappa shape index (κ2) is 6.01. The smallest absolute Gasteiger partial charge is 0.0738 e. The lowest BCUT2D eigenvalue weighted by molar-refractivity contribution is 0.366. The Hall–Kier alpha value is -0.350. The van der Waals surface area contributed by atoms with Gasteiger partial charge in [-0.25, -0.2) is 0 Å². The predicted molar refractivity (Wildman–Crippen MR) is 76.2 cm³/mol. The fourth-order valence-corrected chi connectivity index (χ4v) is 2.57. The Balaban J connectivity index is 2.70. The number of halogens is 1. The van der Waals surface area contributed by atoms with Gasteiger partial charge >= 0.3 is 0 Å². The van der Waals surface area contributed by atoms with Crippen molar-refractivity contribution in [3.63, 3.8) is 0 Å². The molecule has 3 nitrogen and oxygen atoms in total. The fraction of sp³-hybridized carbons (Fsp3) is 0.769. The lowest BCUT2D eigenvalue weighted by Gasteiger charge is -2.23. The first-order chi connectivity index (χ1) is 7.82. The summed E-state index contributed by atoms with van der Waals surface area (Å²) in [6.45, 7) is 10.9. The van der Waals surface area contributed by atoms with Gasteiger partial charge in [-0.1, -0.05) is 20.8 Å². The van der Waals surface area contributed by atoms with Crippen molar-refractivity contribution in [2.45, 2.75) is 53.1 Å². The van der Waals surface area contributed by atoms with Gasteiger partial charge in [-0.05, 0) is 42.1 Å². The number of hydrogen-bond acceptors (Lipinski definition) is 2. The molecule has 1 aromatic heterocycles. The molecule has 1 rings (SSSR count). The van der Waals surface area contributed by atoms with Crippen molar-refractivity contribution in [3.05, 3.63) is 15.9 Å². The molecule has 0 aliphatic rings. The maximum absolute atomic E-state index is 4.43. The molecule has 2 unspecified atom stereocenters. The predicted octanol–water partition coefficient (Wildman–Crippen LogP) is 3.06. The maximum Gasteiger partial charge on any atom is 0.0738 e. The van der Waals surface area contributed by atoms with Crippen molar-refractivity contribution in [3.8, 4) is 0 Å². The largest absolute Gasteiger partial charge is 0.312 e. The standard InChI is InChI=1S/C13H24BrN3/c1-8(2)15-10(4)9(3)7-12-13(14)11(5)16-17(12)6/h8-10,15H,7H2,1-6H3. The molecule has 0 radical (unpaired) electrons. The molecule has 0 spiro atoms. The molecule has 0 aromatic carbocycles. The highest BCUT2D eigenvalue weighted by Crippen LogP contribution is 2.23. The van der Waals surface area contributed by atoms with Crippen LogP contribution in [-0.4, -0.2) is 21.9 Å². The fourth-order valence-electron chi connectivity index (χ4n) is 2.07. The minimum atomic E-state index is 0.511. The number of aromatic nitrogens is 2. The van der Waals surface area contributed by atoms with Gasteiger partial charge in [-0.3, -0.25) is 4.68 Å². The molecule has 0 aliphatic heterocycles. The molecule has 98 valence electrons. The Morgan fingerprint density at radius 2 is 1.88 bits per heavy atom. The zero-order chi connectivity index (χ0) is 13.2. The molecule has 17 heavy (non-hydrogen) atoms. The molecule has 1 N–H and O–H groups in total. The van der Waals surface area contributed by atoms with Crippen LogP contribution in [0.3, 0.4) is 0 Å². The van der Waals surface area contributed by atoms with Gasteiger partial charge < -0.3 is 5.32 Å². The van der Waals surface area contributed by atoms with Gasteiger partial charge in [0.1, 0.15) is 0 Å². The average molecular weight is 302 g/mol. The van der Waals surface area contributed by atoms with Crippen molar-refractivity contribution in [2.75, 3.05) is 0 Å².